The Morgan fingerprint density at radius 3 is 2.52 bits per heavy atom. The van der Waals surface area contributed by atoms with E-state index in [9.17, 15) is 9.59 Å². The number of benzene rings is 1. The van der Waals surface area contributed by atoms with Gasteiger partial charge in [0, 0.05) is 23.9 Å². The van der Waals surface area contributed by atoms with Crippen LogP contribution >= 0.6 is 39.1 Å². The first-order chi connectivity index (χ1) is 10.9. The molecule has 2 aromatic rings. The molecule has 1 heterocycles. The molecule has 0 aliphatic rings. The number of hydrogen-bond donors (Lipinski definition) is 1. The van der Waals surface area contributed by atoms with Gasteiger partial charge in [0.1, 0.15) is 0 Å². The Labute approximate surface area is 151 Å². The minimum absolute atomic E-state index is 0.146. The molecular weight excluding hydrogens is 405 g/mol. The van der Waals surface area contributed by atoms with E-state index in [4.69, 9.17) is 23.2 Å². The summed E-state index contributed by atoms with van der Waals surface area (Å²) in [5.41, 5.74) is 0.705. The molecule has 120 valence electrons. The van der Waals surface area contributed by atoms with Crippen LogP contribution in [0.15, 0.2) is 41.1 Å². The SMILES string of the molecule is CN(CC(=O)Nc1c(Cl)cccc1Cl)C(=O)c1cncc(Br)c1. The molecule has 2 amide bonds. The third kappa shape index (κ3) is 4.67. The lowest BCUT2D eigenvalue weighted by Crippen LogP contribution is -2.35. The van der Waals surface area contributed by atoms with Gasteiger partial charge in [-0.2, -0.15) is 0 Å². The Bertz CT molecular complexity index is 735. The van der Waals surface area contributed by atoms with E-state index in [-0.39, 0.29) is 12.5 Å². The topological polar surface area (TPSA) is 62.3 Å². The van der Waals surface area contributed by atoms with E-state index in [1.165, 1.54) is 18.1 Å². The highest BCUT2D eigenvalue weighted by atomic mass is 79.9. The molecule has 0 aliphatic heterocycles. The van der Waals surface area contributed by atoms with E-state index in [2.05, 4.69) is 26.2 Å². The minimum Gasteiger partial charge on any atom is -0.332 e. The molecule has 1 aromatic heterocycles. The van der Waals surface area contributed by atoms with Gasteiger partial charge in [-0.3, -0.25) is 14.6 Å². The third-order valence-electron chi connectivity index (χ3n) is 2.91. The number of amides is 2. The Balaban J connectivity index is 2.04. The molecule has 0 radical (unpaired) electrons. The highest BCUT2D eigenvalue weighted by molar-refractivity contribution is 9.10. The minimum atomic E-state index is -0.404. The van der Waals surface area contributed by atoms with E-state index in [1.54, 1.807) is 30.5 Å². The Morgan fingerprint density at radius 1 is 1.26 bits per heavy atom. The predicted molar refractivity (Wildman–Crippen MR) is 94.0 cm³/mol. The average Bonchev–Trinajstić information content (AvgIpc) is 2.50. The Kier molecular flexibility index (Phi) is 5.98. The zero-order chi connectivity index (χ0) is 17.0. The van der Waals surface area contributed by atoms with Crippen LogP contribution in [0.5, 0.6) is 0 Å². The molecule has 0 bridgehead atoms. The summed E-state index contributed by atoms with van der Waals surface area (Å²) >= 11 is 15.2. The van der Waals surface area contributed by atoms with Crippen molar-refractivity contribution in [2.75, 3.05) is 18.9 Å². The van der Waals surface area contributed by atoms with Crippen LogP contribution in [0, 0.1) is 0 Å². The maximum absolute atomic E-state index is 12.3. The molecule has 5 nitrogen and oxygen atoms in total. The van der Waals surface area contributed by atoms with Crippen LogP contribution in [-0.2, 0) is 4.79 Å². The van der Waals surface area contributed by atoms with Crippen LogP contribution in [-0.4, -0.2) is 35.3 Å². The third-order valence-corrected chi connectivity index (χ3v) is 3.97. The Morgan fingerprint density at radius 2 is 1.91 bits per heavy atom. The fourth-order valence-electron chi connectivity index (χ4n) is 1.83. The van der Waals surface area contributed by atoms with Gasteiger partial charge < -0.3 is 10.2 Å². The first-order valence-electron chi connectivity index (χ1n) is 6.48. The molecule has 0 unspecified atom stereocenters. The Hall–Kier alpha value is -1.63. The zero-order valence-corrected chi connectivity index (χ0v) is 15.1. The molecule has 0 saturated carbocycles. The first-order valence-corrected chi connectivity index (χ1v) is 8.03. The number of halogens is 3. The number of carbonyl (C=O) groups is 2. The molecule has 0 spiro atoms. The van der Waals surface area contributed by atoms with Crippen molar-refractivity contribution >= 4 is 56.6 Å². The highest BCUT2D eigenvalue weighted by Gasteiger charge is 2.17. The van der Waals surface area contributed by atoms with E-state index >= 15 is 0 Å². The summed E-state index contributed by atoms with van der Waals surface area (Å²) in [7, 11) is 1.52. The van der Waals surface area contributed by atoms with Crippen LogP contribution in [0.2, 0.25) is 10.0 Å². The number of rotatable bonds is 4. The lowest BCUT2D eigenvalue weighted by atomic mass is 10.2. The molecule has 0 fully saturated rings. The number of carbonyl (C=O) groups excluding carboxylic acids is 2. The van der Waals surface area contributed by atoms with Crippen molar-refractivity contribution in [3.05, 3.63) is 56.7 Å². The van der Waals surface area contributed by atoms with Gasteiger partial charge in [0.2, 0.25) is 5.91 Å². The lowest BCUT2D eigenvalue weighted by Gasteiger charge is -2.17. The summed E-state index contributed by atoms with van der Waals surface area (Å²) < 4.78 is 0.684. The molecule has 8 heteroatoms. The van der Waals surface area contributed by atoms with Crippen LogP contribution in [0.3, 0.4) is 0 Å². The van der Waals surface area contributed by atoms with Gasteiger partial charge in [-0.1, -0.05) is 29.3 Å². The summed E-state index contributed by atoms with van der Waals surface area (Å²) in [6.45, 7) is -0.146. The van der Waals surface area contributed by atoms with Crippen LogP contribution < -0.4 is 5.32 Å². The van der Waals surface area contributed by atoms with Gasteiger partial charge in [0.25, 0.3) is 5.91 Å². The van der Waals surface area contributed by atoms with Gasteiger partial charge >= 0.3 is 0 Å². The average molecular weight is 417 g/mol. The molecule has 0 atom stereocenters. The number of para-hydroxylation sites is 1. The number of aromatic nitrogens is 1. The van der Waals surface area contributed by atoms with Crippen molar-refractivity contribution in [2.24, 2.45) is 0 Å². The van der Waals surface area contributed by atoms with Gasteiger partial charge in [-0.15, -0.1) is 0 Å². The highest BCUT2D eigenvalue weighted by Crippen LogP contribution is 2.29. The number of nitrogens with zero attached hydrogens (tertiary/aromatic N) is 2. The second-order valence-corrected chi connectivity index (χ2v) is 6.43. The molecule has 0 saturated heterocycles. The van der Waals surface area contributed by atoms with Crippen LogP contribution in [0.4, 0.5) is 5.69 Å². The zero-order valence-electron chi connectivity index (χ0n) is 12.0. The van der Waals surface area contributed by atoms with E-state index in [1.807, 2.05) is 0 Å². The molecule has 2 rings (SSSR count). The fraction of sp³-hybridized carbons (Fsp3) is 0.133. The number of likely N-dealkylation sites (N-methyl/N-ethyl adjacent to an activating group) is 1. The quantitative estimate of drug-likeness (QED) is 0.822. The van der Waals surface area contributed by atoms with Gasteiger partial charge in [-0.05, 0) is 34.1 Å². The van der Waals surface area contributed by atoms with E-state index in [0.29, 0.717) is 25.8 Å². The normalized spacial score (nSPS) is 10.3. The molecule has 1 aromatic carbocycles. The largest absolute Gasteiger partial charge is 0.332 e. The van der Waals surface area contributed by atoms with Gasteiger partial charge in [-0.25, -0.2) is 0 Å². The summed E-state index contributed by atoms with van der Waals surface area (Å²) in [6, 6.07) is 6.54. The predicted octanol–water partition coefficient (Wildman–Crippen LogP) is 3.86. The molecule has 0 aliphatic carbocycles. The number of anilines is 1. The van der Waals surface area contributed by atoms with E-state index < -0.39 is 5.91 Å². The lowest BCUT2D eigenvalue weighted by molar-refractivity contribution is -0.116. The van der Waals surface area contributed by atoms with Crippen molar-refractivity contribution in [1.29, 1.82) is 0 Å². The van der Waals surface area contributed by atoms with E-state index in [0.717, 1.165) is 0 Å². The second-order valence-electron chi connectivity index (χ2n) is 4.70. The van der Waals surface area contributed by atoms with Gasteiger partial charge in [0.15, 0.2) is 0 Å². The smallest absolute Gasteiger partial charge is 0.255 e. The summed E-state index contributed by atoms with van der Waals surface area (Å²) in [5, 5.41) is 3.26. The van der Waals surface area contributed by atoms with Gasteiger partial charge in [0.05, 0.1) is 27.8 Å². The fourth-order valence-corrected chi connectivity index (χ4v) is 2.69. The summed E-state index contributed by atoms with van der Waals surface area (Å²) in [4.78, 5) is 29.5. The van der Waals surface area contributed by atoms with Crippen LogP contribution in [0.1, 0.15) is 10.4 Å². The van der Waals surface area contributed by atoms with Crippen molar-refractivity contribution in [3.63, 3.8) is 0 Å². The summed E-state index contributed by atoms with van der Waals surface area (Å²) in [5.74, 6) is -0.724. The second kappa shape index (κ2) is 7.77. The molecule has 23 heavy (non-hydrogen) atoms. The maximum Gasteiger partial charge on any atom is 0.255 e. The number of pyridine rings is 1. The maximum atomic E-state index is 12.3. The van der Waals surface area contributed by atoms with Crippen molar-refractivity contribution < 1.29 is 9.59 Å². The monoisotopic (exact) mass is 415 g/mol. The molecule has 1 N–H and O–H groups in total. The molecular formula is C15H12BrCl2N3O2. The summed E-state index contributed by atoms with van der Waals surface area (Å²) in [6.07, 6.45) is 3.01. The van der Waals surface area contributed by atoms with Crippen molar-refractivity contribution in [1.82, 2.24) is 9.88 Å². The first kappa shape index (κ1) is 17.7. The number of hydrogen-bond acceptors (Lipinski definition) is 3. The van der Waals surface area contributed by atoms with Crippen LogP contribution in [0.25, 0.3) is 0 Å². The standard InChI is InChI=1S/C15H12BrCl2N3O2/c1-21(15(23)9-5-10(16)7-19-6-9)8-13(22)20-14-11(17)3-2-4-12(14)18/h2-7H,8H2,1H3,(H,20,22). The number of nitrogens with one attached hydrogen (secondary N) is 1. The van der Waals surface area contributed by atoms with Crippen molar-refractivity contribution in [2.45, 2.75) is 0 Å². The van der Waals surface area contributed by atoms with Crippen molar-refractivity contribution in [3.8, 4) is 0 Å².